The van der Waals surface area contributed by atoms with Gasteiger partial charge in [-0.1, -0.05) is 13.8 Å². The van der Waals surface area contributed by atoms with Crippen molar-refractivity contribution in [3.8, 4) is 0 Å². The van der Waals surface area contributed by atoms with Gasteiger partial charge in [-0.2, -0.15) is 0 Å². The molecule has 0 heterocycles. The molecule has 0 aromatic heterocycles. The van der Waals surface area contributed by atoms with Gasteiger partial charge < -0.3 is 10.5 Å². The smallest absolute Gasteiger partial charge is 0.108 e. The maximum Gasteiger partial charge on any atom is 0.108 e. The molecule has 0 fully saturated rings. The fourth-order valence-electron chi connectivity index (χ4n) is 0.471. The van der Waals surface area contributed by atoms with E-state index in [0.29, 0.717) is 5.92 Å². The Kier molecular flexibility index (Phi) is 3.82. The zero-order chi connectivity index (χ0) is 7.44. The van der Waals surface area contributed by atoms with Crippen molar-refractivity contribution in [2.24, 2.45) is 11.7 Å². The van der Waals surface area contributed by atoms with Crippen LogP contribution in [0.5, 0.6) is 0 Å². The molecule has 0 radical (unpaired) electrons. The average molecular weight is 131 g/mol. The van der Waals surface area contributed by atoms with Crippen LogP contribution in [0.1, 0.15) is 27.7 Å². The lowest BCUT2D eigenvalue weighted by atomic mass is 10.2. The number of hydrogen-bond acceptors (Lipinski definition) is 2. The summed E-state index contributed by atoms with van der Waals surface area (Å²) in [6.45, 7) is 8.07. The van der Waals surface area contributed by atoms with Crippen molar-refractivity contribution in [3.63, 3.8) is 0 Å². The second kappa shape index (κ2) is 3.85. The Hall–Kier alpha value is -0.0800. The first-order valence-electron chi connectivity index (χ1n) is 3.45. The summed E-state index contributed by atoms with van der Waals surface area (Å²) in [4.78, 5) is 0. The minimum absolute atomic E-state index is 0.106. The minimum atomic E-state index is -0.106. The van der Waals surface area contributed by atoms with E-state index in [2.05, 4.69) is 0 Å². The molecule has 0 spiro atoms. The SMILES string of the molecule is CC(C)O[C@@H](N)C(C)C. The fraction of sp³-hybridized carbons (Fsp3) is 1.00. The largest absolute Gasteiger partial charge is 0.361 e. The molecule has 0 aliphatic carbocycles. The van der Waals surface area contributed by atoms with E-state index in [1.165, 1.54) is 0 Å². The number of ether oxygens (including phenoxy) is 1. The van der Waals surface area contributed by atoms with Gasteiger partial charge in [0, 0.05) is 0 Å². The summed E-state index contributed by atoms with van der Waals surface area (Å²) < 4.78 is 5.29. The van der Waals surface area contributed by atoms with Crippen LogP contribution < -0.4 is 5.73 Å². The summed E-state index contributed by atoms with van der Waals surface area (Å²) in [5, 5.41) is 0. The molecule has 0 aromatic carbocycles. The lowest BCUT2D eigenvalue weighted by Crippen LogP contribution is -2.32. The van der Waals surface area contributed by atoms with Gasteiger partial charge in [0.25, 0.3) is 0 Å². The lowest BCUT2D eigenvalue weighted by Gasteiger charge is -2.18. The van der Waals surface area contributed by atoms with E-state index in [1.807, 2.05) is 27.7 Å². The number of nitrogens with two attached hydrogens (primary N) is 1. The summed E-state index contributed by atoms with van der Waals surface area (Å²) in [6, 6.07) is 0. The van der Waals surface area contributed by atoms with E-state index < -0.39 is 0 Å². The standard InChI is InChI=1S/C7H17NO/c1-5(2)7(8)9-6(3)4/h5-7H,8H2,1-4H3/t7-/m1/s1. The zero-order valence-electron chi connectivity index (χ0n) is 6.72. The number of rotatable bonds is 3. The van der Waals surface area contributed by atoms with Gasteiger partial charge in [-0.15, -0.1) is 0 Å². The van der Waals surface area contributed by atoms with Crippen LogP contribution in [0.2, 0.25) is 0 Å². The van der Waals surface area contributed by atoms with Crippen LogP contribution in [0.4, 0.5) is 0 Å². The maximum atomic E-state index is 5.60. The van der Waals surface area contributed by atoms with Crippen LogP contribution in [0, 0.1) is 5.92 Å². The highest BCUT2D eigenvalue weighted by Crippen LogP contribution is 2.02. The van der Waals surface area contributed by atoms with E-state index in [0.717, 1.165) is 0 Å². The summed E-state index contributed by atoms with van der Waals surface area (Å²) in [7, 11) is 0. The third-order valence-corrected chi connectivity index (χ3v) is 1.09. The Morgan fingerprint density at radius 2 is 1.56 bits per heavy atom. The molecule has 0 aliphatic rings. The van der Waals surface area contributed by atoms with Crippen LogP contribution in [-0.2, 0) is 4.74 Å². The van der Waals surface area contributed by atoms with Gasteiger partial charge in [0.05, 0.1) is 6.10 Å². The van der Waals surface area contributed by atoms with Crippen molar-refractivity contribution in [3.05, 3.63) is 0 Å². The normalized spacial score (nSPS) is 15.0. The Morgan fingerprint density at radius 3 is 1.67 bits per heavy atom. The van der Waals surface area contributed by atoms with Crippen LogP contribution in [0.15, 0.2) is 0 Å². The Balaban J connectivity index is 3.38. The molecule has 0 rings (SSSR count). The van der Waals surface area contributed by atoms with Gasteiger partial charge >= 0.3 is 0 Å². The second-order valence-electron chi connectivity index (χ2n) is 2.89. The van der Waals surface area contributed by atoms with E-state index in [4.69, 9.17) is 10.5 Å². The number of hydrogen-bond donors (Lipinski definition) is 1. The van der Waals surface area contributed by atoms with E-state index in [9.17, 15) is 0 Å². The Bertz CT molecular complexity index is 71.3. The fourth-order valence-corrected chi connectivity index (χ4v) is 0.471. The topological polar surface area (TPSA) is 35.2 Å². The molecule has 0 amide bonds. The van der Waals surface area contributed by atoms with Gasteiger partial charge in [-0.05, 0) is 19.8 Å². The van der Waals surface area contributed by atoms with Crippen LogP contribution in [0.25, 0.3) is 0 Å². The molecule has 0 aromatic rings. The lowest BCUT2D eigenvalue weighted by molar-refractivity contribution is -0.0139. The highest BCUT2D eigenvalue weighted by atomic mass is 16.5. The molecule has 2 heteroatoms. The molecule has 0 unspecified atom stereocenters. The third kappa shape index (κ3) is 4.43. The average Bonchev–Trinajstić information content (AvgIpc) is 1.63. The van der Waals surface area contributed by atoms with Gasteiger partial charge in [0.2, 0.25) is 0 Å². The molecule has 0 bridgehead atoms. The first kappa shape index (κ1) is 8.92. The summed E-state index contributed by atoms with van der Waals surface area (Å²) in [6.07, 6.45) is 0.132. The molecule has 0 saturated carbocycles. The summed E-state index contributed by atoms with van der Waals surface area (Å²) in [5.41, 5.74) is 5.60. The van der Waals surface area contributed by atoms with Gasteiger partial charge in [-0.25, -0.2) is 0 Å². The summed E-state index contributed by atoms with van der Waals surface area (Å²) >= 11 is 0. The Morgan fingerprint density at radius 1 is 1.11 bits per heavy atom. The van der Waals surface area contributed by atoms with Gasteiger partial charge in [0.1, 0.15) is 6.23 Å². The molecule has 9 heavy (non-hydrogen) atoms. The first-order chi connectivity index (χ1) is 4.04. The molecule has 56 valence electrons. The van der Waals surface area contributed by atoms with E-state index in [-0.39, 0.29) is 12.3 Å². The van der Waals surface area contributed by atoms with E-state index in [1.54, 1.807) is 0 Å². The molecular weight excluding hydrogens is 114 g/mol. The van der Waals surface area contributed by atoms with E-state index >= 15 is 0 Å². The maximum absolute atomic E-state index is 5.60. The van der Waals surface area contributed by atoms with Crippen molar-refractivity contribution >= 4 is 0 Å². The van der Waals surface area contributed by atoms with Crippen molar-refractivity contribution in [2.75, 3.05) is 0 Å². The van der Waals surface area contributed by atoms with Crippen LogP contribution >= 0.6 is 0 Å². The predicted molar refractivity (Wildman–Crippen MR) is 39.0 cm³/mol. The predicted octanol–water partition coefficient (Wildman–Crippen LogP) is 1.35. The molecule has 1 atom stereocenters. The highest BCUT2D eigenvalue weighted by molar-refractivity contribution is 4.53. The molecule has 0 aliphatic heterocycles. The van der Waals surface area contributed by atoms with Gasteiger partial charge in [-0.3, -0.25) is 0 Å². The Labute approximate surface area is 57.4 Å². The van der Waals surface area contributed by atoms with Gasteiger partial charge in [0.15, 0.2) is 0 Å². The molecule has 2 nitrogen and oxygen atoms in total. The van der Waals surface area contributed by atoms with Crippen LogP contribution in [0.3, 0.4) is 0 Å². The van der Waals surface area contributed by atoms with Crippen molar-refractivity contribution in [2.45, 2.75) is 40.0 Å². The molecule has 2 N–H and O–H groups in total. The monoisotopic (exact) mass is 131 g/mol. The quantitative estimate of drug-likeness (QED) is 0.587. The first-order valence-corrected chi connectivity index (χ1v) is 3.45. The van der Waals surface area contributed by atoms with Crippen molar-refractivity contribution < 1.29 is 4.74 Å². The van der Waals surface area contributed by atoms with Crippen molar-refractivity contribution in [1.82, 2.24) is 0 Å². The van der Waals surface area contributed by atoms with Crippen LogP contribution in [-0.4, -0.2) is 12.3 Å². The summed E-state index contributed by atoms with van der Waals surface area (Å²) in [5.74, 6) is 0.410. The highest BCUT2D eigenvalue weighted by Gasteiger charge is 2.08. The molecular formula is C7H17NO. The molecule has 0 saturated heterocycles. The zero-order valence-corrected chi connectivity index (χ0v) is 6.72. The third-order valence-electron chi connectivity index (χ3n) is 1.09. The van der Waals surface area contributed by atoms with Crippen molar-refractivity contribution in [1.29, 1.82) is 0 Å². The second-order valence-corrected chi connectivity index (χ2v) is 2.89. The minimum Gasteiger partial charge on any atom is -0.361 e.